The van der Waals surface area contributed by atoms with Gasteiger partial charge in [0.15, 0.2) is 0 Å². The molecule has 1 aromatic rings. The molecule has 0 bridgehead atoms. The van der Waals surface area contributed by atoms with E-state index in [0.29, 0.717) is 30.4 Å². The Morgan fingerprint density at radius 1 is 1.14 bits per heavy atom. The highest BCUT2D eigenvalue weighted by atomic mass is 16.4. The number of benzene rings is 1. The number of carbonyl (C=O) groups is 3. The molecule has 3 N–H and O–H groups in total. The van der Waals surface area contributed by atoms with Gasteiger partial charge in [-0.3, -0.25) is 14.4 Å². The molecule has 21 heavy (non-hydrogen) atoms. The molecule has 6 nitrogen and oxygen atoms in total. The van der Waals surface area contributed by atoms with Crippen molar-refractivity contribution in [1.82, 2.24) is 10.6 Å². The highest BCUT2D eigenvalue weighted by molar-refractivity contribution is 5.99. The first-order chi connectivity index (χ1) is 10.0. The van der Waals surface area contributed by atoms with Crippen molar-refractivity contribution in [2.75, 3.05) is 7.05 Å². The van der Waals surface area contributed by atoms with Gasteiger partial charge in [-0.25, -0.2) is 0 Å². The van der Waals surface area contributed by atoms with Crippen molar-refractivity contribution in [3.8, 4) is 0 Å². The number of carbonyl (C=O) groups excluding carboxylic acids is 2. The van der Waals surface area contributed by atoms with Crippen molar-refractivity contribution < 1.29 is 19.5 Å². The Balaban J connectivity index is 2.01. The number of carboxylic acids is 1. The monoisotopic (exact) mass is 290 g/mol. The molecule has 0 radical (unpaired) electrons. The molecular formula is C15H18N2O4. The van der Waals surface area contributed by atoms with Crippen LogP contribution in [0.25, 0.3) is 0 Å². The van der Waals surface area contributed by atoms with E-state index in [0.717, 1.165) is 0 Å². The minimum atomic E-state index is -0.812. The number of carboxylic acid groups (broad SMARTS) is 1. The predicted octanol–water partition coefficient (Wildman–Crippen LogP) is 1.03. The van der Waals surface area contributed by atoms with Crippen LogP contribution in [0.15, 0.2) is 24.3 Å². The molecule has 112 valence electrons. The van der Waals surface area contributed by atoms with Gasteiger partial charge in [0.05, 0.1) is 5.92 Å². The van der Waals surface area contributed by atoms with E-state index in [4.69, 9.17) is 5.11 Å². The number of aliphatic carboxylic acids is 1. The zero-order valence-corrected chi connectivity index (χ0v) is 11.8. The third-order valence-electron chi connectivity index (χ3n) is 3.73. The molecule has 0 aliphatic heterocycles. The van der Waals surface area contributed by atoms with Crippen molar-refractivity contribution in [2.24, 2.45) is 5.92 Å². The number of nitrogens with one attached hydrogen (secondary N) is 2. The Morgan fingerprint density at radius 2 is 1.81 bits per heavy atom. The molecule has 1 saturated carbocycles. The predicted molar refractivity (Wildman–Crippen MR) is 76.1 cm³/mol. The first-order valence-corrected chi connectivity index (χ1v) is 6.87. The molecule has 1 aliphatic rings. The molecule has 0 unspecified atom stereocenters. The summed E-state index contributed by atoms with van der Waals surface area (Å²) in [5, 5.41) is 14.3. The molecule has 1 aromatic carbocycles. The van der Waals surface area contributed by atoms with E-state index in [-0.39, 0.29) is 23.8 Å². The summed E-state index contributed by atoms with van der Waals surface area (Å²) in [7, 11) is 1.53. The minimum absolute atomic E-state index is 0.123. The number of hydrogen-bond donors (Lipinski definition) is 3. The minimum Gasteiger partial charge on any atom is -0.481 e. The second-order valence-corrected chi connectivity index (χ2v) is 5.18. The summed E-state index contributed by atoms with van der Waals surface area (Å²) in [5.74, 6) is -1.73. The van der Waals surface area contributed by atoms with E-state index < -0.39 is 5.97 Å². The van der Waals surface area contributed by atoms with Crippen molar-refractivity contribution in [3.63, 3.8) is 0 Å². The number of amides is 2. The number of rotatable bonds is 4. The topological polar surface area (TPSA) is 95.5 Å². The van der Waals surface area contributed by atoms with Crippen LogP contribution >= 0.6 is 0 Å². The van der Waals surface area contributed by atoms with Crippen molar-refractivity contribution in [1.29, 1.82) is 0 Å². The maximum atomic E-state index is 12.2. The Bertz CT molecular complexity index is 571. The third-order valence-corrected chi connectivity index (χ3v) is 3.73. The first-order valence-electron chi connectivity index (χ1n) is 6.87. The zero-order valence-electron chi connectivity index (χ0n) is 11.8. The summed E-state index contributed by atoms with van der Waals surface area (Å²) in [6.45, 7) is 0. The highest BCUT2D eigenvalue weighted by Gasteiger charge is 2.30. The molecule has 0 aromatic heterocycles. The van der Waals surface area contributed by atoms with E-state index in [1.807, 2.05) is 0 Å². The smallest absolute Gasteiger partial charge is 0.306 e. The fourth-order valence-electron chi connectivity index (χ4n) is 2.55. The van der Waals surface area contributed by atoms with Crippen molar-refractivity contribution in [3.05, 3.63) is 35.4 Å². The van der Waals surface area contributed by atoms with Gasteiger partial charge in [0.25, 0.3) is 11.8 Å². The maximum Gasteiger partial charge on any atom is 0.306 e. The van der Waals surface area contributed by atoms with E-state index in [1.165, 1.54) is 13.1 Å². The van der Waals surface area contributed by atoms with Crippen LogP contribution in [0, 0.1) is 5.92 Å². The van der Waals surface area contributed by atoms with Gasteiger partial charge in [-0.1, -0.05) is 6.07 Å². The SMILES string of the molecule is CNC(=O)c1cccc(C(=O)N[C@H]2CC[C@@H](C(=O)O)C2)c1. The van der Waals surface area contributed by atoms with Crippen LogP contribution in [-0.4, -0.2) is 36.0 Å². The zero-order chi connectivity index (χ0) is 15.4. The molecule has 0 spiro atoms. The molecule has 2 rings (SSSR count). The van der Waals surface area contributed by atoms with Gasteiger partial charge in [0, 0.05) is 24.2 Å². The summed E-state index contributed by atoms with van der Waals surface area (Å²) < 4.78 is 0. The summed E-state index contributed by atoms with van der Waals surface area (Å²) in [5.41, 5.74) is 0.815. The van der Waals surface area contributed by atoms with Crippen LogP contribution in [0.3, 0.4) is 0 Å². The summed E-state index contributed by atoms with van der Waals surface area (Å²) in [6, 6.07) is 6.31. The lowest BCUT2D eigenvalue weighted by molar-refractivity contribution is -0.141. The number of hydrogen-bond acceptors (Lipinski definition) is 3. The van der Waals surface area contributed by atoms with Crippen LogP contribution in [0.2, 0.25) is 0 Å². The van der Waals surface area contributed by atoms with Gasteiger partial charge < -0.3 is 15.7 Å². The molecule has 1 aliphatic carbocycles. The van der Waals surface area contributed by atoms with Gasteiger partial charge in [0.2, 0.25) is 0 Å². The lowest BCUT2D eigenvalue weighted by atomic mass is 10.1. The molecular weight excluding hydrogens is 272 g/mol. The van der Waals surface area contributed by atoms with E-state index in [1.54, 1.807) is 18.2 Å². The maximum absolute atomic E-state index is 12.2. The lowest BCUT2D eigenvalue weighted by Gasteiger charge is -2.13. The van der Waals surface area contributed by atoms with Gasteiger partial charge in [-0.15, -0.1) is 0 Å². The van der Waals surface area contributed by atoms with E-state index >= 15 is 0 Å². The summed E-state index contributed by atoms with van der Waals surface area (Å²) in [4.78, 5) is 34.6. The van der Waals surface area contributed by atoms with Crippen molar-refractivity contribution >= 4 is 17.8 Å². The third kappa shape index (κ3) is 3.59. The van der Waals surface area contributed by atoms with Gasteiger partial charge in [-0.05, 0) is 37.5 Å². The van der Waals surface area contributed by atoms with Crippen LogP contribution < -0.4 is 10.6 Å². The fraction of sp³-hybridized carbons (Fsp3) is 0.400. The second kappa shape index (κ2) is 6.39. The van der Waals surface area contributed by atoms with Gasteiger partial charge in [-0.2, -0.15) is 0 Å². The summed E-state index contributed by atoms with van der Waals surface area (Å²) in [6.07, 6.45) is 1.70. The summed E-state index contributed by atoms with van der Waals surface area (Å²) >= 11 is 0. The Hall–Kier alpha value is -2.37. The van der Waals surface area contributed by atoms with Crippen LogP contribution in [0.5, 0.6) is 0 Å². The van der Waals surface area contributed by atoms with E-state index in [9.17, 15) is 14.4 Å². The second-order valence-electron chi connectivity index (χ2n) is 5.18. The van der Waals surface area contributed by atoms with Crippen LogP contribution in [-0.2, 0) is 4.79 Å². The first kappa shape index (κ1) is 15.0. The molecule has 6 heteroatoms. The normalized spacial score (nSPS) is 20.8. The molecule has 2 amide bonds. The standard InChI is InChI=1S/C15H18N2O4/c1-16-13(18)9-3-2-4-10(7-9)14(19)17-12-6-5-11(8-12)15(20)21/h2-4,7,11-12H,5-6,8H2,1H3,(H,16,18)(H,17,19)(H,20,21)/t11-,12+/m1/s1. The molecule has 2 atom stereocenters. The quantitative estimate of drug-likeness (QED) is 0.771. The molecule has 0 saturated heterocycles. The Kier molecular flexibility index (Phi) is 4.57. The van der Waals surface area contributed by atoms with Gasteiger partial charge in [0.1, 0.15) is 0 Å². The molecule has 0 heterocycles. The molecule has 1 fully saturated rings. The largest absolute Gasteiger partial charge is 0.481 e. The van der Waals surface area contributed by atoms with Crippen LogP contribution in [0.4, 0.5) is 0 Å². The average molecular weight is 290 g/mol. The van der Waals surface area contributed by atoms with Crippen molar-refractivity contribution in [2.45, 2.75) is 25.3 Å². The average Bonchev–Trinajstić information content (AvgIpc) is 2.95. The Morgan fingerprint density at radius 3 is 2.38 bits per heavy atom. The van der Waals surface area contributed by atoms with Crippen LogP contribution in [0.1, 0.15) is 40.0 Å². The Labute approximate surface area is 122 Å². The highest BCUT2D eigenvalue weighted by Crippen LogP contribution is 2.25. The van der Waals surface area contributed by atoms with E-state index in [2.05, 4.69) is 10.6 Å². The van der Waals surface area contributed by atoms with Gasteiger partial charge >= 0.3 is 5.97 Å². The lowest BCUT2D eigenvalue weighted by Crippen LogP contribution is -2.33. The fourth-order valence-corrected chi connectivity index (χ4v) is 2.55.